The number of carbonyl (C=O) groups is 1. The van der Waals surface area contributed by atoms with E-state index in [1.54, 1.807) is 28.8 Å². The predicted molar refractivity (Wildman–Crippen MR) is 147 cm³/mol. The second kappa shape index (κ2) is 9.96. The Labute approximate surface area is 219 Å². The number of benzene rings is 3. The van der Waals surface area contributed by atoms with Crippen molar-refractivity contribution in [2.75, 3.05) is 11.1 Å². The van der Waals surface area contributed by atoms with Crippen LogP contribution in [0, 0.1) is 0 Å². The molecule has 1 aliphatic carbocycles. The van der Waals surface area contributed by atoms with E-state index in [0.717, 1.165) is 35.3 Å². The normalized spacial score (nSPS) is 16.2. The molecule has 7 heteroatoms. The summed E-state index contributed by atoms with van der Waals surface area (Å²) in [7, 11) is 0. The van der Waals surface area contributed by atoms with Gasteiger partial charge >= 0.3 is 0 Å². The maximum Gasteiger partial charge on any atom is 0.263 e. The quantitative estimate of drug-likeness (QED) is 0.235. The highest BCUT2D eigenvalue weighted by molar-refractivity contribution is 7.99. The molecule has 1 atom stereocenters. The van der Waals surface area contributed by atoms with Crippen LogP contribution in [0.4, 0.5) is 5.69 Å². The molecule has 36 heavy (non-hydrogen) atoms. The van der Waals surface area contributed by atoms with Crippen LogP contribution in [-0.4, -0.2) is 21.2 Å². The van der Waals surface area contributed by atoms with Gasteiger partial charge in [0.2, 0.25) is 5.91 Å². The van der Waals surface area contributed by atoms with Gasteiger partial charge in [-0.25, -0.2) is 4.98 Å². The van der Waals surface area contributed by atoms with Crippen molar-refractivity contribution < 1.29 is 4.79 Å². The Morgan fingerprint density at radius 3 is 2.47 bits per heavy atom. The van der Waals surface area contributed by atoms with Crippen LogP contribution in [0.3, 0.4) is 0 Å². The Bertz CT molecular complexity index is 1490. The Morgan fingerprint density at radius 2 is 1.75 bits per heavy atom. The molecule has 1 N–H and O–H groups in total. The lowest BCUT2D eigenvalue weighted by Gasteiger charge is -2.35. The number of thioether (sulfide) groups is 1. The molecule has 0 unspecified atom stereocenters. The molecule has 3 aromatic carbocycles. The molecule has 0 aliphatic heterocycles. The summed E-state index contributed by atoms with van der Waals surface area (Å²) in [6.07, 6.45) is 1.60. The highest BCUT2D eigenvalue weighted by Gasteiger charge is 2.38. The molecule has 1 aliphatic rings. The third-order valence-corrected chi connectivity index (χ3v) is 7.95. The lowest BCUT2D eigenvalue weighted by atomic mass is 9.69. The number of rotatable bonds is 6. The number of halogens is 1. The summed E-state index contributed by atoms with van der Waals surface area (Å²) in [5.74, 6) is -0.0828. The summed E-state index contributed by atoms with van der Waals surface area (Å²) in [6, 6.07) is 24.6. The third kappa shape index (κ3) is 4.59. The predicted octanol–water partition coefficient (Wildman–Crippen LogP) is 6.51. The fourth-order valence-corrected chi connectivity index (χ4v) is 5.65. The van der Waals surface area contributed by atoms with Gasteiger partial charge in [-0.1, -0.05) is 79.7 Å². The molecule has 4 aromatic rings. The van der Waals surface area contributed by atoms with Crippen molar-refractivity contribution in [1.82, 2.24) is 9.55 Å². The van der Waals surface area contributed by atoms with Crippen LogP contribution in [-0.2, 0) is 16.6 Å². The minimum absolute atomic E-state index is 0.0781. The van der Waals surface area contributed by atoms with E-state index in [2.05, 4.69) is 25.2 Å². The number of anilines is 1. The van der Waals surface area contributed by atoms with Gasteiger partial charge < -0.3 is 5.32 Å². The summed E-state index contributed by atoms with van der Waals surface area (Å²) >= 11 is 7.20. The van der Waals surface area contributed by atoms with Crippen LogP contribution in [0.25, 0.3) is 16.9 Å². The van der Waals surface area contributed by atoms with Gasteiger partial charge in [0.25, 0.3) is 5.56 Å². The van der Waals surface area contributed by atoms with Crippen molar-refractivity contribution in [3.63, 3.8) is 0 Å². The van der Waals surface area contributed by atoms with Gasteiger partial charge in [-0.15, -0.1) is 0 Å². The number of aromatic nitrogens is 2. The minimum atomic E-state index is -0.334. The second-order valence-corrected chi connectivity index (χ2v) is 10.6. The summed E-state index contributed by atoms with van der Waals surface area (Å²) < 4.78 is 1.65. The molecule has 5 nitrogen and oxygen atoms in total. The number of fused-ring (bicyclic) bond motifs is 3. The van der Waals surface area contributed by atoms with Crippen LogP contribution in [0.5, 0.6) is 0 Å². The molecule has 0 fully saturated rings. The van der Waals surface area contributed by atoms with Gasteiger partial charge in [0, 0.05) is 21.7 Å². The lowest BCUT2D eigenvalue weighted by Crippen LogP contribution is -2.39. The average Bonchev–Trinajstić information content (AvgIpc) is 2.89. The van der Waals surface area contributed by atoms with E-state index in [-0.39, 0.29) is 22.6 Å². The van der Waals surface area contributed by atoms with Gasteiger partial charge in [-0.3, -0.25) is 14.2 Å². The first-order valence-corrected chi connectivity index (χ1v) is 13.3. The Kier molecular flexibility index (Phi) is 6.73. The number of amides is 1. The molecule has 0 radical (unpaired) electrons. The number of nitrogens with one attached hydrogen (secondary N) is 1. The smallest absolute Gasteiger partial charge is 0.263 e. The molecule has 0 saturated heterocycles. The zero-order valence-electron chi connectivity index (χ0n) is 20.1. The van der Waals surface area contributed by atoms with Gasteiger partial charge in [-0.05, 0) is 54.8 Å². The monoisotopic (exact) mass is 515 g/mol. The van der Waals surface area contributed by atoms with Crippen LogP contribution in [0.1, 0.15) is 31.4 Å². The molecule has 0 bridgehead atoms. The number of para-hydroxylation sites is 1. The van der Waals surface area contributed by atoms with Crippen molar-refractivity contribution in [2.45, 2.75) is 37.3 Å². The lowest BCUT2D eigenvalue weighted by molar-refractivity contribution is -0.113. The first kappa shape index (κ1) is 24.3. The second-order valence-electron chi connectivity index (χ2n) is 9.19. The molecular formula is C29H26ClN3O2S. The van der Waals surface area contributed by atoms with Crippen molar-refractivity contribution in [1.29, 1.82) is 0 Å². The molecule has 182 valence electrons. The molecule has 0 spiro atoms. The van der Waals surface area contributed by atoms with E-state index >= 15 is 0 Å². The van der Waals surface area contributed by atoms with Crippen molar-refractivity contribution in [2.24, 2.45) is 0 Å². The Morgan fingerprint density at radius 1 is 1.06 bits per heavy atom. The molecule has 5 rings (SSSR count). The van der Waals surface area contributed by atoms with E-state index in [1.807, 2.05) is 48.5 Å². The first-order valence-electron chi connectivity index (χ1n) is 11.9. The van der Waals surface area contributed by atoms with Crippen LogP contribution < -0.4 is 10.9 Å². The van der Waals surface area contributed by atoms with Crippen molar-refractivity contribution in [3.05, 3.63) is 105 Å². The average molecular weight is 516 g/mol. The number of hydrogen-bond donors (Lipinski definition) is 1. The van der Waals surface area contributed by atoms with Gasteiger partial charge in [0.1, 0.15) is 0 Å². The van der Waals surface area contributed by atoms with E-state index in [0.29, 0.717) is 15.9 Å². The molecule has 1 heterocycles. The largest absolute Gasteiger partial charge is 0.325 e. The topological polar surface area (TPSA) is 64.0 Å². The van der Waals surface area contributed by atoms with Gasteiger partial charge in [0.05, 0.1) is 22.7 Å². The zero-order valence-corrected chi connectivity index (χ0v) is 21.7. The highest BCUT2D eigenvalue weighted by atomic mass is 35.5. The van der Waals surface area contributed by atoms with Crippen molar-refractivity contribution >= 4 is 35.0 Å². The first-order chi connectivity index (χ1) is 17.4. The molecule has 0 saturated carbocycles. The van der Waals surface area contributed by atoms with Crippen molar-refractivity contribution in [3.8, 4) is 16.9 Å². The maximum atomic E-state index is 14.2. The standard InChI is InChI=1S/C29H26ClN3O2S/c1-3-29(2)17-19-9-7-8-12-23(19)26-25(29)27(35)33(22-10-5-4-6-11-22)28(32-26)36-18-24(34)31-21-15-13-20(30)14-16-21/h4-16H,3,17-18H2,1-2H3,(H,31,34)/t29-/m0/s1. The van der Waals surface area contributed by atoms with Crippen LogP contribution in [0.15, 0.2) is 88.8 Å². The van der Waals surface area contributed by atoms with Crippen LogP contribution >= 0.6 is 23.4 Å². The minimum Gasteiger partial charge on any atom is -0.325 e. The fourth-order valence-electron chi connectivity index (χ4n) is 4.72. The number of hydrogen-bond acceptors (Lipinski definition) is 4. The molecule has 1 amide bonds. The summed E-state index contributed by atoms with van der Waals surface area (Å²) in [4.78, 5) is 32.0. The fraction of sp³-hybridized carbons (Fsp3) is 0.207. The van der Waals surface area contributed by atoms with Crippen LogP contribution in [0.2, 0.25) is 5.02 Å². The highest BCUT2D eigenvalue weighted by Crippen LogP contribution is 2.43. The Balaban J connectivity index is 1.59. The maximum absolute atomic E-state index is 14.2. The number of carbonyl (C=O) groups excluding carboxylic acids is 1. The molecule has 1 aromatic heterocycles. The van der Waals surface area contributed by atoms with Gasteiger partial charge in [-0.2, -0.15) is 0 Å². The Hall–Kier alpha value is -3.35. The SMILES string of the molecule is CC[C@@]1(C)Cc2ccccc2-c2nc(SCC(=O)Nc3ccc(Cl)cc3)n(-c3ccccc3)c(=O)c21. The summed E-state index contributed by atoms with van der Waals surface area (Å²) in [5.41, 5.74) is 4.62. The van der Waals surface area contributed by atoms with E-state index in [1.165, 1.54) is 17.3 Å². The zero-order chi connectivity index (χ0) is 25.3. The van der Waals surface area contributed by atoms with E-state index < -0.39 is 0 Å². The summed E-state index contributed by atoms with van der Waals surface area (Å²) in [5, 5.41) is 3.98. The number of nitrogens with zero attached hydrogens (tertiary/aromatic N) is 2. The van der Waals surface area contributed by atoms with E-state index in [9.17, 15) is 9.59 Å². The van der Waals surface area contributed by atoms with E-state index in [4.69, 9.17) is 16.6 Å². The summed E-state index contributed by atoms with van der Waals surface area (Å²) in [6.45, 7) is 4.26. The van der Waals surface area contributed by atoms with Gasteiger partial charge in [0.15, 0.2) is 5.16 Å². The molecular weight excluding hydrogens is 490 g/mol. The third-order valence-electron chi connectivity index (χ3n) is 6.76.